The molecule has 0 aliphatic rings. The van der Waals surface area contributed by atoms with Crippen molar-refractivity contribution in [3.8, 4) is 0 Å². The van der Waals surface area contributed by atoms with Gasteiger partial charge in [0.1, 0.15) is 0 Å². The normalized spacial score (nSPS) is 13.8. The topological polar surface area (TPSA) is 66.4 Å². The third kappa shape index (κ3) is 4.10. The fourth-order valence-electron chi connectivity index (χ4n) is 1.31. The van der Waals surface area contributed by atoms with Gasteiger partial charge in [0.2, 0.25) is 0 Å². The van der Waals surface area contributed by atoms with Crippen molar-refractivity contribution in [3.63, 3.8) is 0 Å². The van der Waals surface area contributed by atoms with Crippen LogP contribution in [0.25, 0.3) is 0 Å². The zero-order valence-electron chi connectivity index (χ0n) is 9.91. The third-order valence-electron chi connectivity index (χ3n) is 2.62. The minimum absolute atomic E-state index is 0.294. The van der Waals surface area contributed by atoms with Gasteiger partial charge in [-0.15, -0.1) is 0 Å². The Kier molecular flexibility index (Phi) is 5.34. The summed E-state index contributed by atoms with van der Waals surface area (Å²) in [5, 5.41) is 11.5. The number of hydrogen-bond acceptors (Lipinski definition) is 2. The Balaban J connectivity index is 2.79. The molecule has 2 unspecified atom stereocenters. The molecular formula is C12H13Br2NO3. The van der Waals surface area contributed by atoms with Gasteiger partial charge in [-0.2, -0.15) is 0 Å². The molecule has 0 aromatic heterocycles. The summed E-state index contributed by atoms with van der Waals surface area (Å²) in [5.41, 5.74) is 0.473. The second-order valence-corrected chi connectivity index (χ2v) is 5.88. The first-order valence-corrected chi connectivity index (χ1v) is 6.89. The molecule has 98 valence electrons. The number of carbonyl (C=O) groups is 2. The van der Waals surface area contributed by atoms with Crippen LogP contribution in [0.3, 0.4) is 0 Å². The summed E-state index contributed by atoms with van der Waals surface area (Å²) in [6.07, 6.45) is 0. The van der Waals surface area contributed by atoms with Crippen LogP contribution in [0.15, 0.2) is 27.1 Å². The quantitative estimate of drug-likeness (QED) is 0.846. The summed E-state index contributed by atoms with van der Waals surface area (Å²) in [4.78, 5) is 22.7. The molecule has 1 amide bonds. The Morgan fingerprint density at radius 3 is 2.11 bits per heavy atom. The van der Waals surface area contributed by atoms with E-state index in [9.17, 15) is 9.59 Å². The van der Waals surface area contributed by atoms with Gasteiger partial charge < -0.3 is 10.4 Å². The lowest BCUT2D eigenvalue weighted by Gasteiger charge is -2.17. The van der Waals surface area contributed by atoms with Crippen molar-refractivity contribution in [2.45, 2.75) is 19.9 Å². The van der Waals surface area contributed by atoms with E-state index >= 15 is 0 Å². The number of rotatable bonds is 4. The van der Waals surface area contributed by atoms with Crippen LogP contribution in [-0.4, -0.2) is 23.0 Å². The van der Waals surface area contributed by atoms with Crippen molar-refractivity contribution in [2.75, 3.05) is 0 Å². The van der Waals surface area contributed by atoms with Gasteiger partial charge in [-0.25, -0.2) is 0 Å². The fraction of sp³-hybridized carbons (Fsp3) is 0.333. The smallest absolute Gasteiger partial charge is 0.308 e. The maximum Gasteiger partial charge on any atom is 0.308 e. The molecule has 4 nitrogen and oxygen atoms in total. The molecule has 0 spiro atoms. The highest BCUT2D eigenvalue weighted by molar-refractivity contribution is 9.11. The van der Waals surface area contributed by atoms with Crippen LogP contribution in [-0.2, 0) is 4.79 Å². The largest absolute Gasteiger partial charge is 0.481 e. The van der Waals surface area contributed by atoms with E-state index in [1.807, 2.05) is 6.07 Å². The summed E-state index contributed by atoms with van der Waals surface area (Å²) < 4.78 is 1.56. The van der Waals surface area contributed by atoms with E-state index < -0.39 is 17.9 Å². The summed E-state index contributed by atoms with van der Waals surface area (Å²) >= 11 is 6.59. The highest BCUT2D eigenvalue weighted by Crippen LogP contribution is 2.20. The highest BCUT2D eigenvalue weighted by Gasteiger charge is 2.21. The number of carboxylic acids is 1. The lowest BCUT2D eigenvalue weighted by molar-refractivity contribution is -0.141. The van der Waals surface area contributed by atoms with Gasteiger partial charge in [-0.1, -0.05) is 31.9 Å². The Hall–Kier alpha value is -0.880. The van der Waals surface area contributed by atoms with Crippen LogP contribution in [0, 0.1) is 5.92 Å². The molecular weight excluding hydrogens is 366 g/mol. The van der Waals surface area contributed by atoms with E-state index in [0.29, 0.717) is 5.56 Å². The Bertz CT molecular complexity index is 456. The number of hydrogen-bond donors (Lipinski definition) is 2. The molecule has 0 bridgehead atoms. The predicted octanol–water partition coefficient (Wildman–Crippen LogP) is 3.05. The molecule has 0 radical (unpaired) electrons. The summed E-state index contributed by atoms with van der Waals surface area (Å²) in [6, 6.07) is 4.74. The molecule has 2 atom stereocenters. The van der Waals surface area contributed by atoms with Crippen molar-refractivity contribution in [1.82, 2.24) is 5.32 Å². The van der Waals surface area contributed by atoms with Crippen molar-refractivity contribution >= 4 is 43.7 Å². The van der Waals surface area contributed by atoms with Crippen LogP contribution in [0.5, 0.6) is 0 Å². The number of aliphatic carboxylic acids is 1. The number of amides is 1. The predicted molar refractivity (Wildman–Crippen MR) is 75.6 cm³/mol. The first kappa shape index (κ1) is 15.2. The molecule has 0 aliphatic heterocycles. The minimum atomic E-state index is -0.932. The molecule has 0 saturated carbocycles. The number of carbonyl (C=O) groups excluding carboxylic acids is 1. The van der Waals surface area contributed by atoms with Gasteiger partial charge in [0.15, 0.2) is 0 Å². The SMILES string of the molecule is CC(NC(=O)c1cc(Br)cc(Br)c1)C(C)C(=O)O. The molecule has 1 aromatic carbocycles. The van der Waals surface area contributed by atoms with Crippen LogP contribution in [0.4, 0.5) is 0 Å². The van der Waals surface area contributed by atoms with Gasteiger partial charge in [0, 0.05) is 20.6 Å². The van der Waals surface area contributed by atoms with Gasteiger partial charge in [-0.3, -0.25) is 9.59 Å². The summed E-state index contributed by atoms with van der Waals surface area (Å²) in [6.45, 7) is 3.23. The van der Waals surface area contributed by atoms with E-state index in [-0.39, 0.29) is 5.91 Å². The number of halogens is 2. The number of carboxylic acid groups (broad SMARTS) is 1. The second-order valence-electron chi connectivity index (χ2n) is 4.05. The molecule has 6 heteroatoms. The van der Waals surface area contributed by atoms with Crippen molar-refractivity contribution in [1.29, 1.82) is 0 Å². The first-order chi connectivity index (χ1) is 8.31. The van der Waals surface area contributed by atoms with Crippen molar-refractivity contribution in [3.05, 3.63) is 32.7 Å². The van der Waals surface area contributed by atoms with Crippen molar-refractivity contribution in [2.24, 2.45) is 5.92 Å². The zero-order valence-corrected chi connectivity index (χ0v) is 13.1. The Morgan fingerprint density at radius 1 is 1.17 bits per heavy atom. The van der Waals surface area contributed by atoms with E-state index in [1.165, 1.54) is 0 Å². The zero-order chi connectivity index (χ0) is 13.9. The molecule has 0 heterocycles. The van der Waals surface area contributed by atoms with Crippen LogP contribution in [0.2, 0.25) is 0 Å². The number of benzene rings is 1. The van der Waals surface area contributed by atoms with Gasteiger partial charge >= 0.3 is 5.97 Å². The van der Waals surface area contributed by atoms with E-state index in [4.69, 9.17) is 5.11 Å². The first-order valence-electron chi connectivity index (χ1n) is 5.31. The van der Waals surface area contributed by atoms with Crippen LogP contribution < -0.4 is 5.32 Å². The van der Waals surface area contributed by atoms with E-state index in [1.54, 1.807) is 26.0 Å². The molecule has 18 heavy (non-hydrogen) atoms. The van der Waals surface area contributed by atoms with Gasteiger partial charge in [-0.05, 0) is 32.0 Å². The Labute approximate surface area is 122 Å². The van der Waals surface area contributed by atoms with Crippen molar-refractivity contribution < 1.29 is 14.7 Å². The standard InChI is InChI=1S/C12H13Br2NO3/c1-6(12(17)18)7(2)15-11(16)8-3-9(13)5-10(14)4-8/h3-7H,1-2H3,(H,15,16)(H,17,18). The molecule has 0 saturated heterocycles. The monoisotopic (exact) mass is 377 g/mol. The Morgan fingerprint density at radius 2 is 1.67 bits per heavy atom. The average Bonchev–Trinajstić information content (AvgIpc) is 2.26. The lowest BCUT2D eigenvalue weighted by Crippen LogP contribution is -2.40. The van der Waals surface area contributed by atoms with E-state index in [2.05, 4.69) is 37.2 Å². The lowest BCUT2D eigenvalue weighted by atomic mass is 10.0. The average molecular weight is 379 g/mol. The maximum atomic E-state index is 11.9. The second kappa shape index (κ2) is 6.33. The highest BCUT2D eigenvalue weighted by atomic mass is 79.9. The third-order valence-corrected chi connectivity index (χ3v) is 3.54. The fourth-order valence-corrected chi connectivity index (χ4v) is 2.61. The van der Waals surface area contributed by atoms with Gasteiger partial charge in [0.05, 0.1) is 5.92 Å². The molecule has 1 aromatic rings. The maximum absolute atomic E-state index is 11.9. The van der Waals surface area contributed by atoms with E-state index in [0.717, 1.165) is 8.95 Å². The number of nitrogens with one attached hydrogen (secondary N) is 1. The minimum Gasteiger partial charge on any atom is -0.481 e. The molecule has 0 fully saturated rings. The summed E-state index contributed by atoms with van der Waals surface area (Å²) in [5.74, 6) is -1.86. The van der Waals surface area contributed by atoms with Crippen LogP contribution in [0.1, 0.15) is 24.2 Å². The summed E-state index contributed by atoms with van der Waals surface area (Å²) in [7, 11) is 0. The molecule has 1 rings (SSSR count). The van der Waals surface area contributed by atoms with Crippen LogP contribution >= 0.6 is 31.9 Å². The molecule has 0 aliphatic carbocycles. The molecule has 2 N–H and O–H groups in total. The van der Waals surface area contributed by atoms with Gasteiger partial charge in [0.25, 0.3) is 5.91 Å².